The maximum Gasteiger partial charge on any atom is 0.491 e. The molecule has 0 radical (unpaired) electrons. The number of H-pyrrole nitrogens is 1. The second-order valence-corrected chi connectivity index (χ2v) is 10.7. The number of amides is 1. The van der Waals surface area contributed by atoms with Gasteiger partial charge in [0, 0.05) is 30.4 Å². The van der Waals surface area contributed by atoms with E-state index in [9.17, 15) is 32.3 Å². The van der Waals surface area contributed by atoms with Gasteiger partial charge < -0.3 is 25.1 Å². The Kier molecular flexibility index (Phi) is 10.2. The number of carbonyl (C=O) groups excluding carboxylic acids is 3. The number of imidazole rings is 1. The highest BCUT2D eigenvalue weighted by molar-refractivity contribution is 5.88. The van der Waals surface area contributed by atoms with Gasteiger partial charge in [-0.15, -0.1) is 0 Å². The van der Waals surface area contributed by atoms with Gasteiger partial charge in [0.15, 0.2) is 0 Å². The van der Waals surface area contributed by atoms with Crippen molar-refractivity contribution in [2.75, 3.05) is 5.32 Å². The van der Waals surface area contributed by atoms with E-state index >= 15 is 0 Å². The number of aromatic amines is 1. The Bertz CT molecular complexity index is 1940. The fourth-order valence-corrected chi connectivity index (χ4v) is 4.70. The lowest BCUT2D eigenvalue weighted by Gasteiger charge is -2.20. The van der Waals surface area contributed by atoms with Crippen molar-refractivity contribution in [3.63, 3.8) is 0 Å². The van der Waals surface area contributed by atoms with Crippen molar-refractivity contribution < 1.29 is 37.0 Å². The van der Waals surface area contributed by atoms with E-state index in [4.69, 9.17) is 4.74 Å². The van der Waals surface area contributed by atoms with E-state index < -0.39 is 48.9 Å². The van der Waals surface area contributed by atoms with Crippen LogP contribution < -0.4 is 16.3 Å². The third-order valence-corrected chi connectivity index (χ3v) is 7.06. The van der Waals surface area contributed by atoms with Crippen LogP contribution in [0.2, 0.25) is 0 Å². The Hall–Kier alpha value is -5.99. The van der Waals surface area contributed by atoms with Gasteiger partial charge >= 0.3 is 29.9 Å². The van der Waals surface area contributed by atoms with E-state index in [0.717, 1.165) is 32.6 Å². The van der Waals surface area contributed by atoms with E-state index in [0.29, 0.717) is 17.7 Å². The number of anilines is 1. The van der Waals surface area contributed by atoms with E-state index in [1.807, 2.05) is 48.5 Å². The molecule has 3 aromatic carbocycles. The molecule has 2 aromatic heterocycles. The van der Waals surface area contributed by atoms with Crippen LogP contribution in [0.5, 0.6) is 0 Å². The number of alkyl halides is 3. The Morgan fingerprint density at radius 3 is 2.35 bits per heavy atom. The number of fused-ring (bicyclic) bond motifs is 1. The molecule has 0 aliphatic rings. The number of hydrogen-bond donors (Lipinski definition) is 3. The predicted molar refractivity (Wildman–Crippen MR) is 167 cm³/mol. The third-order valence-electron chi connectivity index (χ3n) is 7.06. The van der Waals surface area contributed by atoms with Crippen molar-refractivity contribution >= 4 is 34.9 Å². The van der Waals surface area contributed by atoms with E-state index in [-0.39, 0.29) is 12.4 Å². The highest BCUT2D eigenvalue weighted by atomic mass is 19.4. The SMILES string of the molecule is Cc1cn(CC(CC(=O)OC(=O)C(F)(F)F)NC(=O)OCc2ccccc2)c(=O)nc1NCc1ccc(-c2nc3ccccc3[nH]2)cc1. The molecule has 0 aliphatic carbocycles. The molecule has 15 heteroatoms. The number of carbonyl (C=O) groups is 3. The van der Waals surface area contributed by atoms with Gasteiger partial charge in [0.05, 0.1) is 23.5 Å². The number of nitrogens with one attached hydrogen (secondary N) is 3. The first-order valence-electron chi connectivity index (χ1n) is 14.6. The lowest BCUT2D eigenvalue weighted by Crippen LogP contribution is -2.43. The van der Waals surface area contributed by atoms with Crippen molar-refractivity contribution in [3.8, 4) is 11.4 Å². The first kappa shape index (κ1) is 33.4. The number of alkyl carbamates (subject to hydrolysis) is 1. The molecule has 0 saturated carbocycles. The summed E-state index contributed by atoms with van der Waals surface area (Å²) >= 11 is 0. The van der Waals surface area contributed by atoms with Crippen LogP contribution in [0.15, 0.2) is 89.9 Å². The molecule has 1 amide bonds. The van der Waals surface area contributed by atoms with Crippen LogP contribution in [-0.4, -0.2) is 49.8 Å². The first-order chi connectivity index (χ1) is 22.9. The van der Waals surface area contributed by atoms with Gasteiger partial charge in [0.1, 0.15) is 18.2 Å². The number of ether oxygens (including phenoxy) is 2. The lowest BCUT2D eigenvalue weighted by atomic mass is 10.1. The molecule has 0 saturated heterocycles. The van der Waals surface area contributed by atoms with Crippen molar-refractivity contribution in [1.82, 2.24) is 24.8 Å². The number of halogens is 3. The van der Waals surface area contributed by atoms with Crippen LogP contribution in [0.3, 0.4) is 0 Å². The number of aryl methyl sites for hydroxylation is 1. The maximum atomic E-state index is 12.9. The van der Waals surface area contributed by atoms with Crippen LogP contribution in [0.1, 0.15) is 23.1 Å². The summed E-state index contributed by atoms with van der Waals surface area (Å²) in [4.78, 5) is 60.7. The molecule has 0 aliphatic heterocycles. The summed E-state index contributed by atoms with van der Waals surface area (Å²) in [7, 11) is 0. The third kappa shape index (κ3) is 8.84. The standard InChI is InChI=1S/C33H29F3N6O6/c1-20-17-42(18-24(15-27(43)48-30(44)33(34,35)36)38-32(46)47-19-22-7-3-2-4-8-22)31(45)41-28(20)37-16-21-11-13-23(14-12-21)29-39-25-9-5-6-10-26(25)40-29/h2-14,17,24H,15-16,18-19H2,1H3,(H,38,46)(H,39,40)(H,37,41,45). The number of nitrogens with zero attached hydrogens (tertiary/aromatic N) is 3. The largest absolute Gasteiger partial charge is 0.491 e. The highest BCUT2D eigenvalue weighted by Gasteiger charge is 2.42. The van der Waals surface area contributed by atoms with Gasteiger partial charge in [0.2, 0.25) is 0 Å². The zero-order valence-electron chi connectivity index (χ0n) is 25.4. The van der Waals surface area contributed by atoms with Gasteiger partial charge in [0.25, 0.3) is 0 Å². The molecule has 0 fully saturated rings. The minimum atomic E-state index is -5.40. The fraction of sp³-hybridized carbons (Fsp3) is 0.212. The lowest BCUT2D eigenvalue weighted by molar-refractivity contribution is -0.202. The molecule has 1 unspecified atom stereocenters. The number of rotatable bonds is 11. The van der Waals surface area contributed by atoms with Crippen LogP contribution in [-0.2, 0) is 38.8 Å². The van der Waals surface area contributed by atoms with Crippen LogP contribution >= 0.6 is 0 Å². The van der Waals surface area contributed by atoms with Crippen LogP contribution in [0, 0.1) is 6.92 Å². The Morgan fingerprint density at radius 1 is 0.938 bits per heavy atom. The molecule has 0 spiro atoms. The normalized spacial score (nSPS) is 11.9. The van der Waals surface area contributed by atoms with Gasteiger partial charge in [-0.25, -0.2) is 19.4 Å². The summed E-state index contributed by atoms with van der Waals surface area (Å²) in [5.41, 5.74) is 3.98. The smallest absolute Gasteiger partial charge is 0.445 e. The summed E-state index contributed by atoms with van der Waals surface area (Å²) in [5.74, 6) is -3.26. The number of para-hydroxylation sites is 2. The molecule has 1 atom stereocenters. The van der Waals surface area contributed by atoms with E-state index in [1.54, 1.807) is 37.3 Å². The van der Waals surface area contributed by atoms with Crippen molar-refractivity contribution in [1.29, 1.82) is 0 Å². The first-order valence-corrected chi connectivity index (χ1v) is 14.6. The average Bonchev–Trinajstić information content (AvgIpc) is 3.49. The molecule has 0 bridgehead atoms. The molecular formula is C33H29F3N6O6. The number of aromatic nitrogens is 4. The van der Waals surface area contributed by atoms with Gasteiger partial charge in [-0.2, -0.15) is 18.2 Å². The zero-order valence-corrected chi connectivity index (χ0v) is 25.4. The number of hydrogen-bond acceptors (Lipinski definition) is 9. The fourth-order valence-electron chi connectivity index (χ4n) is 4.70. The van der Waals surface area contributed by atoms with E-state index in [1.165, 1.54) is 6.20 Å². The highest BCUT2D eigenvalue weighted by Crippen LogP contribution is 2.21. The summed E-state index contributed by atoms with van der Waals surface area (Å²) in [6.07, 6.45) is -5.87. The van der Waals surface area contributed by atoms with Crippen LogP contribution in [0.4, 0.5) is 23.8 Å². The molecule has 48 heavy (non-hydrogen) atoms. The Morgan fingerprint density at radius 2 is 1.65 bits per heavy atom. The van der Waals surface area contributed by atoms with Crippen molar-refractivity contribution in [3.05, 3.63) is 112 Å². The monoisotopic (exact) mass is 662 g/mol. The Balaban J connectivity index is 1.24. The predicted octanol–water partition coefficient (Wildman–Crippen LogP) is 5.02. The van der Waals surface area contributed by atoms with Gasteiger partial charge in [-0.05, 0) is 30.2 Å². The molecule has 3 N–H and O–H groups in total. The summed E-state index contributed by atoms with van der Waals surface area (Å²) < 4.78 is 47.9. The molecule has 2 heterocycles. The summed E-state index contributed by atoms with van der Waals surface area (Å²) in [5, 5.41) is 5.45. The summed E-state index contributed by atoms with van der Waals surface area (Å²) in [6.45, 7) is 1.46. The Labute approximate surface area is 270 Å². The van der Waals surface area contributed by atoms with Crippen LogP contribution in [0.25, 0.3) is 22.4 Å². The average molecular weight is 663 g/mol. The molecule has 12 nitrogen and oxygen atoms in total. The zero-order chi connectivity index (χ0) is 34.3. The molecular weight excluding hydrogens is 633 g/mol. The van der Waals surface area contributed by atoms with Gasteiger partial charge in [-0.1, -0.05) is 66.7 Å². The van der Waals surface area contributed by atoms with E-state index in [2.05, 4.69) is 30.3 Å². The maximum absolute atomic E-state index is 12.9. The quantitative estimate of drug-likeness (QED) is 0.130. The molecule has 5 rings (SSSR count). The second kappa shape index (κ2) is 14.6. The van der Waals surface area contributed by atoms with Crippen molar-refractivity contribution in [2.45, 2.75) is 45.3 Å². The van der Waals surface area contributed by atoms with Crippen molar-refractivity contribution in [2.24, 2.45) is 0 Å². The number of benzene rings is 3. The topological polar surface area (TPSA) is 157 Å². The van der Waals surface area contributed by atoms with Gasteiger partial charge in [-0.3, -0.25) is 9.36 Å². The minimum Gasteiger partial charge on any atom is -0.445 e. The molecule has 5 aromatic rings. The molecule has 248 valence electrons. The summed E-state index contributed by atoms with van der Waals surface area (Å²) in [6, 6.07) is 22.7. The number of esters is 2. The second-order valence-electron chi connectivity index (χ2n) is 10.7. The minimum absolute atomic E-state index is 0.139.